The maximum atomic E-state index is 12.4. The van der Waals surface area contributed by atoms with Crippen molar-refractivity contribution < 1.29 is 66.4 Å². The Hall–Kier alpha value is -2.68. The number of halogens is 1. The SMILES string of the molecule is NC(=O)c1ccc[n+](C2OC(COP(=O)(O)OP(=O)(O)OCC3OC(n4cnc5c(N)ncnc54)C(O)C3O)C(O)C2Cl)c1. The van der Waals surface area contributed by atoms with E-state index in [0.29, 0.717) is 0 Å². The molecule has 0 aromatic carbocycles. The lowest BCUT2D eigenvalue weighted by Gasteiger charge is -2.20. The number of nitrogens with zero attached hydrogens (tertiary/aromatic N) is 5. The summed E-state index contributed by atoms with van der Waals surface area (Å²) in [6.07, 6.45) is -4.52. The number of aliphatic hydroxyl groups is 3. The smallest absolute Gasteiger partial charge is 0.388 e. The molecule has 2 fully saturated rings. The second kappa shape index (κ2) is 12.6. The Bertz CT molecular complexity index is 1630. The van der Waals surface area contributed by atoms with Crippen LogP contribution >= 0.6 is 27.2 Å². The highest BCUT2D eigenvalue weighted by Crippen LogP contribution is 2.60. The highest BCUT2D eigenvalue weighted by atomic mass is 35.5. The third-order valence-electron chi connectivity index (χ3n) is 6.70. The number of alkyl halides is 1. The van der Waals surface area contributed by atoms with Gasteiger partial charge in [0.05, 0.1) is 19.5 Å². The molecule has 0 saturated carbocycles. The second-order valence-electron chi connectivity index (χ2n) is 9.64. The minimum atomic E-state index is -5.35. The maximum Gasteiger partial charge on any atom is 0.481 e. The van der Waals surface area contributed by atoms with Gasteiger partial charge in [-0.05, 0) is 6.07 Å². The zero-order valence-corrected chi connectivity index (χ0v) is 24.7. The average molecular weight is 683 g/mol. The Morgan fingerprint density at radius 1 is 1.05 bits per heavy atom. The first-order chi connectivity index (χ1) is 20.7. The second-order valence-corrected chi connectivity index (χ2v) is 13.2. The molecule has 3 aromatic heterocycles. The fourth-order valence-electron chi connectivity index (χ4n) is 4.54. The monoisotopic (exact) mass is 682 g/mol. The summed E-state index contributed by atoms with van der Waals surface area (Å²) in [6, 6.07) is 2.93. The van der Waals surface area contributed by atoms with Crippen LogP contribution in [-0.2, 0) is 32.0 Å². The van der Waals surface area contributed by atoms with Crippen molar-refractivity contribution in [2.24, 2.45) is 5.73 Å². The number of fused-ring (bicyclic) bond motifs is 1. The van der Waals surface area contributed by atoms with Gasteiger partial charge in [0.25, 0.3) is 12.1 Å². The number of ether oxygens (including phenoxy) is 2. The number of phosphoric acid groups is 2. The molecule has 1 amide bonds. The molecule has 20 nitrogen and oxygen atoms in total. The predicted octanol–water partition coefficient (Wildman–Crippen LogP) is -1.77. The number of rotatable bonds is 11. The first kappa shape index (κ1) is 32.7. The van der Waals surface area contributed by atoms with Crippen molar-refractivity contribution in [1.82, 2.24) is 19.5 Å². The van der Waals surface area contributed by atoms with Crippen LogP contribution in [0.2, 0.25) is 0 Å². The molecule has 2 aliphatic rings. The molecule has 240 valence electrons. The van der Waals surface area contributed by atoms with Gasteiger partial charge in [-0.2, -0.15) is 8.88 Å². The maximum absolute atomic E-state index is 12.4. The summed E-state index contributed by atoms with van der Waals surface area (Å²) in [4.78, 5) is 43.4. The lowest BCUT2D eigenvalue weighted by Crippen LogP contribution is -2.44. The number of amides is 1. The predicted molar refractivity (Wildman–Crippen MR) is 143 cm³/mol. The molecule has 3 aromatic rings. The Labute approximate surface area is 251 Å². The lowest BCUT2D eigenvalue weighted by atomic mass is 10.1. The van der Waals surface area contributed by atoms with E-state index in [2.05, 4.69) is 19.3 Å². The third kappa shape index (κ3) is 6.77. The van der Waals surface area contributed by atoms with E-state index in [1.807, 2.05) is 0 Å². The van der Waals surface area contributed by atoms with Crippen LogP contribution in [0.3, 0.4) is 0 Å². The lowest BCUT2D eigenvalue weighted by molar-refractivity contribution is -0.758. The van der Waals surface area contributed by atoms with Crippen LogP contribution in [0.5, 0.6) is 0 Å². The number of phosphoric ester groups is 2. The Morgan fingerprint density at radius 3 is 2.36 bits per heavy atom. The van der Waals surface area contributed by atoms with Gasteiger partial charge in [-0.3, -0.25) is 18.4 Å². The largest absolute Gasteiger partial charge is 0.481 e. The number of aromatic nitrogens is 5. The zero-order valence-electron chi connectivity index (χ0n) is 22.2. The highest BCUT2D eigenvalue weighted by Gasteiger charge is 2.50. The number of hydrogen-bond donors (Lipinski definition) is 7. The molecule has 2 aliphatic heterocycles. The van der Waals surface area contributed by atoms with Crippen molar-refractivity contribution in [2.75, 3.05) is 18.9 Å². The number of pyridine rings is 1. The summed E-state index contributed by atoms with van der Waals surface area (Å²) in [7, 11) is -10.7. The molecule has 0 spiro atoms. The Morgan fingerprint density at radius 2 is 1.70 bits per heavy atom. The van der Waals surface area contributed by atoms with Gasteiger partial charge in [-0.15, -0.1) is 11.6 Å². The van der Waals surface area contributed by atoms with Crippen LogP contribution in [0, 0.1) is 0 Å². The van der Waals surface area contributed by atoms with Gasteiger partial charge in [0, 0.05) is 6.07 Å². The minimum absolute atomic E-state index is 0.0564. The van der Waals surface area contributed by atoms with Crippen molar-refractivity contribution in [1.29, 1.82) is 0 Å². The summed E-state index contributed by atoms with van der Waals surface area (Å²) in [6.45, 7) is -1.70. The van der Waals surface area contributed by atoms with Crippen molar-refractivity contribution in [3.05, 3.63) is 42.7 Å². The topological polar surface area (TPSA) is 298 Å². The van der Waals surface area contributed by atoms with E-state index in [1.165, 1.54) is 40.0 Å². The number of nitrogens with two attached hydrogens (primary N) is 2. The van der Waals surface area contributed by atoms with E-state index in [4.69, 9.17) is 41.6 Å². The van der Waals surface area contributed by atoms with Crippen molar-refractivity contribution >= 4 is 50.1 Å². The molecule has 5 rings (SSSR count). The molecule has 5 heterocycles. The first-order valence-electron chi connectivity index (χ1n) is 12.6. The number of aliphatic hydroxyl groups excluding tert-OH is 3. The Balaban J connectivity index is 1.16. The molecule has 9 N–H and O–H groups in total. The highest BCUT2D eigenvalue weighted by molar-refractivity contribution is 7.61. The van der Waals surface area contributed by atoms with Crippen molar-refractivity contribution in [3.8, 4) is 0 Å². The van der Waals surface area contributed by atoms with Gasteiger partial charge < -0.3 is 46.0 Å². The molecular weight excluding hydrogens is 656 g/mol. The van der Waals surface area contributed by atoms with Crippen LogP contribution in [0.4, 0.5) is 5.82 Å². The van der Waals surface area contributed by atoms with E-state index in [-0.39, 0.29) is 22.5 Å². The number of anilines is 1. The molecule has 23 heteroatoms. The van der Waals surface area contributed by atoms with E-state index < -0.39 is 83.1 Å². The van der Waals surface area contributed by atoms with Crippen LogP contribution < -0.4 is 16.0 Å². The molecule has 2 saturated heterocycles. The molecule has 10 atom stereocenters. The number of nitrogen functional groups attached to an aromatic ring is 1. The zero-order chi connectivity index (χ0) is 32.0. The van der Waals surface area contributed by atoms with Gasteiger partial charge in [-0.25, -0.2) is 24.1 Å². The molecule has 0 bridgehead atoms. The van der Waals surface area contributed by atoms with E-state index in [9.17, 15) is 39.0 Å². The van der Waals surface area contributed by atoms with E-state index in [1.54, 1.807) is 0 Å². The van der Waals surface area contributed by atoms with Crippen LogP contribution in [0.15, 0.2) is 37.2 Å². The molecular formula is C21H27ClN7O13P2+. The van der Waals surface area contributed by atoms with Gasteiger partial charge in [0.15, 0.2) is 35.5 Å². The summed E-state index contributed by atoms with van der Waals surface area (Å²) in [5.74, 6) is -0.670. The summed E-state index contributed by atoms with van der Waals surface area (Å²) < 4.78 is 52.4. The molecule has 0 aliphatic carbocycles. The summed E-state index contributed by atoms with van der Waals surface area (Å²) in [5, 5.41) is 30.3. The fraction of sp³-hybridized carbons (Fsp3) is 0.476. The summed E-state index contributed by atoms with van der Waals surface area (Å²) in [5.41, 5.74) is 11.5. The van der Waals surface area contributed by atoms with Crippen LogP contribution in [0.25, 0.3) is 11.2 Å². The molecule has 10 unspecified atom stereocenters. The normalized spacial score (nSPS) is 31.6. The number of carbonyl (C=O) groups excluding carboxylic acids is 1. The number of imidazole rings is 1. The van der Waals surface area contributed by atoms with E-state index in [0.717, 1.165) is 6.33 Å². The molecule has 44 heavy (non-hydrogen) atoms. The average Bonchev–Trinajstić information content (AvgIpc) is 3.61. The number of primary amides is 1. The summed E-state index contributed by atoms with van der Waals surface area (Å²) >= 11 is 6.25. The van der Waals surface area contributed by atoms with Crippen molar-refractivity contribution in [2.45, 2.75) is 48.4 Å². The van der Waals surface area contributed by atoms with Gasteiger partial charge in [-0.1, -0.05) is 0 Å². The number of carbonyl (C=O) groups is 1. The fourth-order valence-corrected chi connectivity index (χ4v) is 6.99. The third-order valence-corrected chi connectivity index (χ3v) is 9.78. The van der Waals surface area contributed by atoms with Gasteiger partial charge in [0.1, 0.15) is 47.9 Å². The minimum Gasteiger partial charge on any atom is -0.388 e. The quantitative estimate of drug-likeness (QED) is 0.0668. The number of hydrogen-bond acceptors (Lipinski definition) is 15. The Kier molecular flexibility index (Phi) is 9.37. The van der Waals surface area contributed by atoms with Crippen LogP contribution in [0.1, 0.15) is 22.8 Å². The van der Waals surface area contributed by atoms with Gasteiger partial charge in [0.2, 0.25) is 0 Å². The van der Waals surface area contributed by atoms with Crippen LogP contribution in [-0.4, -0.2) is 99.6 Å². The standard InChI is InChI=1S/C21H26ClN7O13P2/c22-12-14(30)10(40-20(12)28-3-1-2-9(4-28)18(24)33)5-38-43(34,35)42-44(36,37)39-6-11-15(31)16(32)21(41-11)29-8-27-13-17(23)25-7-26-19(13)29/h1-4,7-8,10-12,14-16,20-21,30-32H,5-6H2,(H5-,23,24,25,26,33,34,35,36,37)/p+1. The van der Waals surface area contributed by atoms with Gasteiger partial charge >= 0.3 is 15.6 Å². The molecule has 0 radical (unpaired) electrons. The van der Waals surface area contributed by atoms with E-state index >= 15 is 0 Å². The van der Waals surface area contributed by atoms with Crippen molar-refractivity contribution in [3.63, 3.8) is 0 Å². The first-order valence-corrected chi connectivity index (χ1v) is 16.0.